The number of hydrogen-bond donors (Lipinski definition) is 1. The van der Waals surface area contributed by atoms with Crippen LogP contribution in [0, 0.1) is 20.8 Å². The number of amides is 2. The van der Waals surface area contributed by atoms with Gasteiger partial charge < -0.3 is 15.0 Å². The number of carbonyl (C=O) groups is 2. The van der Waals surface area contributed by atoms with Crippen LogP contribution in [0.2, 0.25) is 5.02 Å². The smallest absolute Gasteiger partial charge is 0.261 e. The fourth-order valence-corrected chi connectivity index (χ4v) is 3.19. The Labute approximate surface area is 178 Å². The van der Waals surface area contributed by atoms with Crippen LogP contribution in [-0.2, 0) is 16.1 Å². The van der Waals surface area contributed by atoms with Crippen molar-refractivity contribution in [1.29, 1.82) is 0 Å². The third-order valence-corrected chi connectivity index (χ3v) is 5.15. The SMILES string of the molecule is CCNC(=O)[C@@H](C)N(Cc1ccc(Cl)cc1)C(=O)COc1cc(C)cc(C)c1C. The molecule has 0 aliphatic carbocycles. The molecule has 0 aliphatic heterocycles. The van der Waals surface area contributed by atoms with E-state index in [0.717, 1.165) is 22.3 Å². The van der Waals surface area contributed by atoms with Gasteiger partial charge in [0.2, 0.25) is 5.91 Å². The molecule has 0 aliphatic rings. The van der Waals surface area contributed by atoms with Gasteiger partial charge in [-0.15, -0.1) is 0 Å². The van der Waals surface area contributed by atoms with Crippen LogP contribution in [0.4, 0.5) is 0 Å². The summed E-state index contributed by atoms with van der Waals surface area (Å²) in [6.07, 6.45) is 0. The lowest BCUT2D eigenvalue weighted by molar-refractivity contribution is -0.142. The standard InChI is InChI=1S/C23H29ClN2O3/c1-6-25-23(28)18(5)26(13-19-7-9-20(24)10-8-19)22(27)14-29-21-12-15(2)11-16(3)17(21)4/h7-12,18H,6,13-14H2,1-5H3,(H,25,28)/t18-/m1/s1. The van der Waals surface area contributed by atoms with E-state index in [1.807, 2.05) is 45.9 Å². The molecule has 1 N–H and O–H groups in total. The van der Waals surface area contributed by atoms with E-state index < -0.39 is 6.04 Å². The maximum atomic E-state index is 13.0. The monoisotopic (exact) mass is 416 g/mol. The van der Waals surface area contributed by atoms with Crippen molar-refractivity contribution in [3.05, 3.63) is 63.7 Å². The predicted octanol–water partition coefficient (Wildman–Crippen LogP) is 4.20. The van der Waals surface area contributed by atoms with E-state index in [-0.39, 0.29) is 18.4 Å². The molecule has 0 saturated carbocycles. The number of likely N-dealkylation sites (N-methyl/N-ethyl adjacent to an activating group) is 1. The van der Waals surface area contributed by atoms with Gasteiger partial charge >= 0.3 is 0 Å². The van der Waals surface area contributed by atoms with Crippen LogP contribution in [0.15, 0.2) is 36.4 Å². The van der Waals surface area contributed by atoms with Crippen LogP contribution in [0.5, 0.6) is 5.75 Å². The average molecular weight is 417 g/mol. The first-order chi connectivity index (χ1) is 13.7. The van der Waals surface area contributed by atoms with E-state index in [2.05, 4.69) is 11.4 Å². The van der Waals surface area contributed by atoms with Crippen molar-refractivity contribution in [3.8, 4) is 5.75 Å². The van der Waals surface area contributed by atoms with Gasteiger partial charge in [0, 0.05) is 18.1 Å². The zero-order chi connectivity index (χ0) is 21.6. The van der Waals surface area contributed by atoms with Gasteiger partial charge in [-0.2, -0.15) is 0 Å². The number of ether oxygens (including phenoxy) is 1. The van der Waals surface area contributed by atoms with Crippen LogP contribution in [0.25, 0.3) is 0 Å². The molecule has 6 heteroatoms. The molecule has 0 bridgehead atoms. The lowest BCUT2D eigenvalue weighted by Crippen LogP contribution is -2.49. The van der Waals surface area contributed by atoms with Crippen molar-refractivity contribution in [1.82, 2.24) is 10.2 Å². The van der Waals surface area contributed by atoms with Gasteiger partial charge in [-0.1, -0.05) is 29.8 Å². The third-order valence-electron chi connectivity index (χ3n) is 4.90. The zero-order valence-electron chi connectivity index (χ0n) is 17.7. The number of carbonyl (C=O) groups excluding carboxylic acids is 2. The second kappa shape index (κ2) is 10.3. The van der Waals surface area contributed by atoms with Gasteiger partial charge in [-0.3, -0.25) is 9.59 Å². The number of nitrogens with zero attached hydrogens (tertiary/aromatic N) is 1. The van der Waals surface area contributed by atoms with Crippen molar-refractivity contribution in [2.45, 2.75) is 47.2 Å². The molecule has 0 spiro atoms. The van der Waals surface area contributed by atoms with Gasteiger partial charge in [-0.05, 0) is 75.1 Å². The molecule has 2 rings (SSSR count). The highest BCUT2D eigenvalue weighted by atomic mass is 35.5. The molecule has 0 fully saturated rings. The molecule has 2 aromatic rings. The topological polar surface area (TPSA) is 58.6 Å². The summed E-state index contributed by atoms with van der Waals surface area (Å²) in [5.41, 5.74) is 4.08. The van der Waals surface area contributed by atoms with Gasteiger partial charge in [0.25, 0.3) is 5.91 Å². The Morgan fingerprint density at radius 3 is 2.41 bits per heavy atom. The Balaban J connectivity index is 2.19. The summed E-state index contributed by atoms with van der Waals surface area (Å²) < 4.78 is 5.84. The van der Waals surface area contributed by atoms with Crippen molar-refractivity contribution in [2.75, 3.05) is 13.2 Å². The Hall–Kier alpha value is -2.53. The summed E-state index contributed by atoms with van der Waals surface area (Å²) >= 11 is 5.96. The fourth-order valence-electron chi connectivity index (χ4n) is 3.06. The van der Waals surface area contributed by atoms with Crippen LogP contribution < -0.4 is 10.1 Å². The molecule has 0 unspecified atom stereocenters. The van der Waals surface area contributed by atoms with Crippen molar-refractivity contribution in [2.24, 2.45) is 0 Å². The molecule has 1 atom stereocenters. The summed E-state index contributed by atoms with van der Waals surface area (Å²) in [6, 6.07) is 10.6. The Bertz CT molecular complexity index is 865. The Morgan fingerprint density at radius 2 is 1.79 bits per heavy atom. The highest BCUT2D eigenvalue weighted by Crippen LogP contribution is 2.23. The third kappa shape index (κ3) is 6.23. The minimum absolute atomic E-state index is 0.138. The van der Waals surface area contributed by atoms with E-state index in [4.69, 9.17) is 16.3 Å². The number of nitrogens with one attached hydrogen (secondary N) is 1. The number of aryl methyl sites for hydroxylation is 2. The van der Waals surface area contributed by atoms with Gasteiger partial charge in [0.15, 0.2) is 6.61 Å². The average Bonchev–Trinajstić information content (AvgIpc) is 2.68. The summed E-state index contributed by atoms with van der Waals surface area (Å²) in [4.78, 5) is 26.9. The van der Waals surface area contributed by atoms with Crippen molar-refractivity contribution >= 4 is 23.4 Å². The van der Waals surface area contributed by atoms with Crippen LogP contribution in [-0.4, -0.2) is 35.9 Å². The van der Waals surface area contributed by atoms with Gasteiger partial charge in [-0.25, -0.2) is 0 Å². The minimum atomic E-state index is -0.623. The van der Waals surface area contributed by atoms with Crippen LogP contribution >= 0.6 is 11.6 Å². The Morgan fingerprint density at radius 1 is 1.14 bits per heavy atom. The molecular weight excluding hydrogens is 388 g/mol. The predicted molar refractivity (Wildman–Crippen MR) is 116 cm³/mol. The maximum Gasteiger partial charge on any atom is 0.261 e. The largest absolute Gasteiger partial charge is 0.483 e. The van der Waals surface area contributed by atoms with Crippen molar-refractivity contribution < 1.29 is 14.3 Å². The molecule has 0 saturated heterocycles. The quantitative estimate of drug-likeness (QED) is 0.701. The summed E-state index contributed by atoms with van der Waals surface area (Å²) in [7, 11) is 0. The number of rotatable bonds is 8. The molecule has 5 nitrogen and oxygen atoms in total. The van der Waals surface area contributed by atoms with Crippen molar-refractivity contribution in [3.63, 3.8) is 0 Å². The first-order valence-electron chi connectivity index (χ1n) is 9.75. The van der Waals surface area contributed by atoms with E-state index >= 15 is 0 Å². The molecule has 156 valence electrons. The van der Waals surface area contributed by atoms with E-state index in [1.165, 1.54) is 4.90 Å². The molecular formula is C23H29ClN2O3. The normalized spacial score (nSPS) is 11.7. The molecule has 0 heterocycles. The second-order valence-electron chi connectivity index (χ2n) is 7.21. The van der Waals surface area contributed by atoms with Gasteiger partial charge in [0.1, 0.15) is 11.8 Å². The van der Waals surface area contributed by atoms with E-state index in [1.54, 1.807) is 19.1 Å². The number of halogens is 1. The number of hydrogen-bond acceptors (Lipinski definition) is 3. The fraction of sp³-hybridized carbons (Fsp3) is 0.391. The van der Waals surface area contributed by atoms with Crippen LogP contribution in [0.1, 0.15) is 36.1 Å². The highest BCUT2D eigenvalue weighted by Gasteiger charge is 2.26. The molecule has 2 aromatic carbocycles. The molecule has 29 heavy (non-hydrogen) atoms. The second-order valence-corrected chi connectivity index (χ2v) is 7.65. The summed E-state index contributed by atoms with van der Waals surface area (Å²) in [5, 5.41) is 3.40. The summed E-state index contributed by atoms with van der Waals surface area (Å²) in [5.74, 6) is 0.239. The lowest BCUT2D eigenvalue weighted by Gasteiger charge is -2.28. The minimum Gasteiger partial charge on any atom is -0.483 e. The van der Waals surface area contributed by atoms with E-state index in [9.17, 15) is 9.59 Å². The Kier molecular flexibility index (Phi) is 8.09. The van der Waals surface area contributed by atoms with Crippen LogP contribution in [0.3, 0.4) is 0 Å². The lowest BCUT2D eigenvalue weighted by atomic mass is 10.1. The van der Waals surface area contributed by atoms with Gasteiger partial charge in [0.05, 0.1) is 0 Å². The number of benzene rings is 2. The zero-order valence-corrected chi connectivity index (χ0v) is 18.5. The molecule has 2 amide bonds. The summed E-state index contributed by atoms with van der Waals surface area (Å²) in [6.45, 7) is 10.2. The highest BCUT2D eigenvalue weighted by molar-refractivity contribution is 6.30. The van der Waals surface area contributed by atoms with E-state index in [0.29, 0.717) is 23.9 Å². The molecule has 0 aromatic heterocycles. The first-order valence-corrected chi connectivity index (χ1v) is 10.1. The first kappa shape index (κ1) is 22.8. The maximum absolute atomic E-state index is 13.0. The molecule has 0 radical (unpaired) electrons.